The summed E-state index contributed by atoms with van der Waals surface area (Å²) in [5.41, 5.74) is -2.73. The zero-order valence-corrected chi connectivity index (χ0v) is 19.3. The van der Waals surface area contributed by atoms with E-state index in [1.54, 1.807) is 27.7 Å². The smallest absolute Gasteiger partial charge is 0.338 e. The molecule has 0 aliphatic heterocycles. The molecule has 10 nitrogen and oxygen atoms in total. The molecule has 0 aliphatic carbocycles. The molecule has 0 heterocycles. The molecule has 0 aromatic carbocycles. The summed E-state index contributed by atoms with van der Waals surface area (Å²) >= 11 is 0. The van der Waals surface area contributed by atoms with Gasteiger partial charge in [-0.2, -0.15) is 0 Å². The number of likely N-dealkylation sites (N-methyl/N-ethyl adjacent to an activating group) is 2. The van der Waals surface area contributed by atoms with Crippen molar-refractivity contribution >= 4 is 23.8 Å². The minimum Gasteiger partial charge on any atom is -0.450 e. The number of rotatable bonds is 10. The third-order valence-electron chi connectivity index (χ3n) is 4.29. The Hall–Kier alpha value is -2.20. The summed E-state index contributed by atoms with van der Waals surface area (Å²) in [6.45, 7) is 13.6. The number of aliphatic hydroxyl groups is 2. The summed E-state index contributed by atoms with van der Waals surface area (Å²) in [5.74, 6) is -2.27. The highest BCUT2D eigenvalue weighted by Crippen LogP contribution is 2.16. The van der Waals surface area contributed by atoms with Crippen LogP contribution in [0.15, 0.2) is 0 Å². The van der Waals surface area contributed by atoms with E-state index in [-0.39, 0.29) is 33.1 Å². The van der Waals surface area contributed by atoms with Crippen molar-refractivity contribution in [3.63, 3.8) is 0 Å². The Balaban J connectivity index is -0.000000231. The van der Waals surface area contributed by atoms with Crippen LogP contribution < -0.4 is 10.6 Å². The van der Waals surface area contributed by atoms with E-state index < -0.39 is 35.3 Å². The van der Waals surface area contributed by atoms with Gasteiger partial charge in [-0.15, -0.1) is 0 Å². The zero-order valence-electron chi connectivity index (χ0n) is 19.3. The van der Waals surface area contributed by atoms with Gasteiger partial charge in [-0.1, -0.05) is 28.7 Å². The van der Waals surface area contributed by atoms with Crippen molar-refractivity contribution in [1.82, 2.24) is 10.6 Å². The summed E-state index contributed by atoms with van der Waals surface area (Å²) in [7, 11) is 0. The van der Waals surface area contributed by atoms with Crippen molar-refractivity contribution in [2.24, 2.45) is 0 Å². The molecule has 0 aromatic heterocycles. The number of esters is 2. The molecule has 0 spiro atoms. The summed E-state index contributed by atoms with van der Waals surface area (Å²) in [4.78, 5) is 45.3. The highest BCUT2D eigenvalue weighted by Gasteiger charge is 2.36. The summed E-state index contributed by atoms with van der Waals surface area (Å²) in [5, 5.41) is 23.6. The van der Waals surface area contributed by atoms with Crippen LogP contribution in [0.5, 0.6) is 0 Å². The summed E-state index contributed by atoms with van der Waals surface area (Å²) in [6.07, 6.45) is -1.49. The van der Waals surface area contributed by atoms with Gasteiger partial charge in [0.1, 0.15) is 6.10 Å². The highest BCUT2D eigenvalue weighted by atomic mass is 16.6. The van der Waals surface area contributed by atoms with Gasteiger partial charge in [0.15, 0.2) is 17.3 Å². The summed E-state index contributed by atoms with van der Waals surface area (Å²) in [6, 6.07) is 0. The maximum absolute atomic E-state index is 11.6. The highest BCUT2D eigenvalue weighted by molar-refractivity contribution is 5.88. The molecular weight excluding hydrogens is 420 g/mol. The monoisotopic (exact) mass is 466 g/mol. The van der Waals surface area contributed by atoms with Gasteiger partial charge >= 0.3 is 11.9 Å². The van der Waals surface area contributed by atoms with E-state index in [4.69, 9.17) is 14.6 Å². The first-order valence-corrected chi connectivity index (χ1v) is 10.1. The molecule has 4 N–H and O–H groups in total. The molecule has 4 unspecified atom stereocenters. The number of amides is 2. The molecule has 10 heteroatoms. The van der Waals surface area contributed by atoms with Gasteiger partial charge in [-0.05, 0) is 54.4 Å². The molecule has 2 amide bonds. The lowest BCUT2D eigenvalue weighted by Gasteiger charge is -2.27. The molecule has 0 aliphatic rings. The fourth-order valence-electron chi connectivity index (χ4n) is 1.74. The quantitative estimate of drug-likeness (QED) is 0.355. The van der Waals surface area contributed by atoms with E-state index in [9.17, 15) is 24.3 Å². The molecule has 192 valence electrons. The number of carbonyl (C=O) groups excluding carboxylic acids is 4. The molecule has 0 rings (SSSR count). The van der Waals surface area contributed by atoms with E-state index in [0.717, 1.165) is 0 Å². The van der Waals surface area contributed by atoms with E-state index in [2.05, 4.69) is 10.6 Å². The standard InChI is InChI=1S/2C10H19NO4.2CH4/c1-5-10(4,9(14)11-6-2)15-8(13)7(3)12;1-5-10(4,14)9(13)15-7(3)8(12)11-6-2;;/h7,12H,5-6H2,1-4H3,(H,11,14);7,14H,5-6H2,1-4H3,(H,11,12);2*1H4. The van der Waals surface area contributed by atoms with Crippen molar-refractivity contribution in [2.75, 3.05) is 13.1 Å². The van der Waals surface area contributed by atoms with Gasteiger partial charge in [0.05, 0.1) is 0 Å². The lowest BCUT2D eigenvalue weighted by Crippen LogP contribution is -2.48. The van der Waals surface area contributed by atoms with Crippen LogP contribution in [0.1, 0.15) is 83.1 Å². The minimum atomic E-state index is -1.53. The van der Waals surface area contributed by atoms with Crippen LogP contribution in [0.3, 0.4) is 0 Å². The molecule has 32 heavy (non-hydrogen) atoms. The fraction of sp³-hybridized carbons (Fsp3) is 0.818. The van der Waals surface area contributed by atoms with Gasteiger partial charge in [0.2, 0.25) is 0 Å². The normalized spacial score (nSPS) is 15.3. The topological polar surface area (TPSA) is 151 Å². The van der Waals surface area contributed by atoms with Gasteiger partial charge in [-0.25, -0.2) is 9.59 Å². The second-order valence-electron chi connectivity index (χ2n) is 7.11. The molecule has 0 saturated heterocycles. The number of hydrogen-bond acceptors (Lipinski definition) is 8. The molecular formula is C22H46N2O8. The first-order valence-electron chi connectivity index (χ1n) is 10.1. The van der Waals surface area contributed by atoms with Crippen LogP contribution in [0.2, 0.25) is 0 Å². The molecule has 0 saturated carbocycles. The van der Waals surface area contributed by atoms with Gasteiger partial charge < -0.3 is 30.3 Å². The van der Waals surface area contributed by atoms with E-state index in [0.29, 0.717) is 19.5 Å². The maximum Gasteiger partial charge on any atom is 0.338 e. The van der Waals surface area contributed by atoms with Gasteiger partial charge in [0, 0.05) is 13.1 Å². The van der Waals surface area contributed by atoms with Crippen LogP contribution in [-0.4, -0.2) is 70.5 Å². The Morgan fingerprint density at radius 3 is 1.72 bits per heavy atom. The van der Waals surface area contributed by atoms with Crippen LogP contribution in [0.4, 0.5) is 0 Å². The first kappa shape index (κ1) is 37.1. The van der Waals surface area contributed by atoms with Crippen molar-refractivity contribution in [3.05, 3.63) is 0 Å². The Morgan fingerprint density at radius 2 is 1.38 bits per heavy atom. The van der Waals surface area contributed by atoms with E-state index in [1.807, 2.05) is 0 Å². The minimum absolute atomic E-state index is 0. The Bertz CT molecular complexity index is 578. The molecule has 0 radical (unpaired) electrons. The fourth-order valence-corrected chi connectivity index (χ4v) is 1.74. The Kier molecular flexibility index (Phi) is 20.2. The van der Waals surface area contributed by atoms with Crippen LogP contribution in [-0.2, 0) is 28.7 Å². The van der Waals surface area contributed by atoms with E-state index >= 15 is 0 Å². The first-order chi connectivity index (χ1) is 13.7. The Labute approximate surface area is 193 Å². The number of nitrogens with one attached hydrogen (secondary N) is 2. The molecule has 4 atom stereocenters. The third kappa shape index (κ3) is 13.3. The second-order valence-corrected chi connectivity index (χ2v) is 7.11. The van der Waals surface area contributed by atoms with E-state index in [1.165, 1.54) is 27.7 Å². The van der Waals surface area contributed by atoms with Gasteiger partial charge in [-0.3, -0.25) is 9.59 Å². The largest absolute Gasteiger partial charge is 0.450 e. The number of hydrogen-bond donors (Lipinski definition) is 4. The van der Waals surface area contributed by atoms with Crippen molar-refractivity contribution in [3.8, 4) is 0 Å². The Morgan fingerprint density at radius 1 is 0.906 bits per heavy atom. The predicted molar refractivity (Wildman–Crippen MR) is 124 cm³/mol. The average Bonchev–Trinajstić information content (AvgIpc) is 2.68. The second kappa shape index (κ2) is 17.4. The molecule has 0 fully saturated rings. The lowest BCUT2D eigenvalue weighted by molar-refractivity contribution is -0.174. The van der Waals surface area contributed by atoms with Crippen LogP contribution in [0, 0.1) is 0 Å². The van der Waals surface area contributed by atoms with Crippen molar-refractivity contribution in [2.45, 2.75) is 106 Å². The summed E-state index contributed by atoms with van der Waals surface area (Å²) < 4.78 is 9.78. The third-order valence-corrected chi connectivity index (χ3v) is 4.29. The SMILES string of the molecule is C.C.CCNC(=O)C(C)(CC)OC(=O)C(C)O.CCNC(=O)C(C)OC(=O)C(C)(O)CC. The average molecular weight is 467 g/mol. The molecule has 0 aromatic rings. The maximum atomic E-state index is 11.6. The van der Waals surface area contributed by atoms with Crippen molar-refractivity contribution in [1.29, 1.82) is 0 Å². The van der Waals surface area contributed by atoms with Crippen LogP contribution >= 0.6 is 0 Å². The lowest BCUT2D eigenvalue weighted by atomic mass is 10.0. The van der Waals surface area contributed by atoms with Crippen molar-refractivity contribution < 1.29 is 38.9 Å². The predicted octanol–water partition coefficient (Wildman–Crippen LogP) is 1.70. The number of ether oxygens (including phenoxy) is 2. The number of aliphatic hydroxyl groups excluding tert-OH is 1. The zero-order chi connectivity index (χ0) is 24.1. The van der Waals surface area contributed by atoms with Gasteiger partial charge in [0.25, 0.3) is 11.8 Å². The number of carbonyl (C=O) groups is 4. The van der Waals surface area contributed by atoms with Crippen LogP contribution in [0.25, 0.3) is 0 Å². The molecule has 0 bridgehead atoms.